The van der Waals surface area contributed by atoms with Gasteiger partial charge >= 0.3 is 0 Å². The van der Waals surface area contributed by atoms with E-state index in [2.05, 4.69) is 15.6 Å². The van der Waals surface area contributed by atoms with E-state index in [4.69, 9.17) is 0 Å². The molecule has 0 spiro atoms. The Bertz CT molecular complexity index is 531. The number of carbonyl (C=O) groups is 1. The molecule has 0 saturated carbocycles. The van der Waals surface area contributed by atoms with Gasteiger partial charge in [-0.2, -0.15) is 0 Å². The van der Waals surface area contributed by atoms with Gasteiger partial charge in [0, 0.05) is 31.2 Å². The zero-order valence-electron chi connectivity index (χ0n) is 11.8. The molecule has 1 amide bonds. The lowest BCUT2D eigenvalue weighted by Gasteiger charge is -2.08. The van der Waals surface area contributed by atoms with Gasteiger partial charge in [-0.3, -0.25) is 4.79 Å². The van der Waals surface area contributed by atoms with E-state index < -0.39 is 0 Å². The first-order valence-electron chi connectivity index (χ1n) is 6.29. The summed E-state index contributed by atoms with van der Waals surface area (Å²) in [6.07, 6.45) is 3.66. The quantitative estimate of drug-likeness (QED) is 0.854. The van der Waals surface area contributed by atoms with Gasteiger partial charge in [-0.05, 0) is 19.1 Å². The van der Waals surface area contributed by atoms with E-state index in [-0.39, 0.29) is 37.3 Å². The van der Waals surface area contributed by atoms with Crippen molar-refractivity contribution in [2.45, 2.75) is 13.5 Å². The molecule has 0 radical (unpaired) electrons. The van der Waals surface area contributed by atoms with E-state index in [0.717, 1.165) is 18.1 Å². The number of para-hydroxylation sites is 1. The Morgan fingerprint density at radius 3 is 2.57 bits per heavy atom. The number of hydrogen-bond acceptors (Lipinski definition) is 3. The van der Waals surface area contributed by atoms with E-state index >= 15 is 0 Å². The summed E-state index contributed by atoms with van der Waals surface area (Å²) in [7, 11) is 0. The predicted molar refractivity (Wildman–Crippen MR) is 89.4 cm³/mol. The molecule has 0 aliphatic heterocycles. The summed E-state index contributed by atoms with van der Waals surface area (Å²) >= 11 is 0. The predicted octanol–water partition coefficient (Wildman–Crippen LogP) is 2.26. The number of anilines is 1. The fourth-order valence-corrected chi connectivity index (χ4v) is 1.76. The summed E-state index contributed by atoms with van der Waals surface area (Å²) in [5, 5.41) is 5.94. The van der Waals surface area contributed by atoms with E-state index in [1.165, 1.54) is 0 Å². The lowest BCUT2D eigenvalue weighted by atomic mass is 10.3. The van der Waals surface area contributed by atoms with Crippen LogP contribution in [0.5, 0.6) is 0 Å². The van der Waals surface area contributed by atoms with Crippen LogP contribution in [0.4, 0.5) is 5.69 Å². The Kier molecular flexibility index (Phi) is 9.25. The zero-order valence-corrected chi connectivity index (χ0v) is 13.4. The normalized spacial score (nSPS) is 9.19. The van der Waals surface area contributed by atoms with Gasteiger partial charge in [0.25, 0.3) is 0 Å². The third kappa shape index (κ3) is 6.51. The minimum absolute atomic E-state index is 0. The zero-order chi connectivity index (χ0) is 13.5. The Hall–Kier alpha value is -1.72. The largest absolute Gasteiger partial charge is 0.376 e. The monoisotopic (exact) mass is 330 g/mol. The number of aryl methyl sites for hydroxylation is 1. The van der Waals surface area contributed by atoms with Crippen LogP contribution in [-0.4, -0.2) is 28.5 Å². The number of rotatable bonds is 6. The molecule has 0 atom stereocenters. The molecule has 0 bridgehead atoms. The van der Waals surface area contributed by atoms with Crippen LogP contribution in [0.2, 0.25) is 0 Å². The number of nitrogens with zero attached hydrogens (tertiary/aromatic N) is 2. The fourth-order valence-electron chi connectivity index (χ4n) is 1.76. The summed E-state index contributed by atoms with van der Waals surface area (Å²) in [5.41, 5.74) is 0.947. The van der Waals surface area contributed by atoms with Gasteiger partial charge in [-0.15, -0.1) is 24.8 Å². The van der Waals surface area contributed by atoms with E-state index in [9.17, 15) is 4.79 Å². The molecular formula is C14H20Cl2N4O. The second-order valence-corrected chi connectivity index (χ2v) is 4.24. The van der Waals surface area contributed by atoms with Crippen LogP contribution >= 0.6 is 24.8 Å². The highest BCUT2D eigenvalue weighted by Gasteiger charge is 2.01. The summed E-state index contributed by atoms with van der Waals surface area (Å²) in [6, 6.07) is 9.67. The maximum Gasteiger partial charge on any atom is 0.239 e. The number of hydrogen-bond donors (Lipinski definition) is 2. The van der Waals surface area contributed by atoms with Crippen molar-refractivity contribution in [2.75, 3.05) is 18.4 Å². The van der Waals surface area contributed by atoms with Crippen LogP contribution in [0.15, 0.2) is 42.7 Å². The number of nitrogens with one attached hydrogen (secondary N) is 2. The van der Waals surface area contributed by atoms with Crippen molar-refractivity contribution >= 4 is 36.4 Å². The average molecular weight is 331 g/mol. The van der Waals surface area contributed by atoms with Crippen LogP contribution in [0.25, 0.3) is 0 Å². The first kappa shape index (κ1) is 19.3. The molecule has 116 valence electrons. The number of benzene rings is 1. The standard InChI is InChI=1S/C14H18N4O.2ClH/c1-12-15-7-9-18(12)10-8-16-14(19)11-17-13-5-3-2-4-6-13;;/h2-7,9,17H,8,10-11H2,1H3,(H,16,19);2*1H. The van der Waals surface area contributed by atoms with Crippen molar-refractivity contribution in [3.63, 3.8) is 0 Å². The Morgan fingerprint density at radius 2 is 1.95 bits per heavy atom. The van der Waals surface area contributed by atoms with Crippen molar-refractivity contribution in [3.05, 3.63) is 48.5 Å². The molecule has 2 aromatic rings. The molecule has 0 aliphatic carbocycles. The van der Waals surface area contributed by atoms with E-state index in [1.54, 1.807) is 6.20 Å². The van der Waals surface area contributed by atoms with Gasteiger partial charge in [0.2, 0.25) is 5.91 Å². The number of aromatic nitrogens is 2. The molecule has 7 heteroatoms. The summed E-state index contributed by atoms with van der Waals surface area (Å²) in [6.45, 7) is 3.57. The van der Waals surface area contributed by atoms with Crippen LogP contribution in [-0.2, 0) is 11.3 Å². The summed E-state index contributed by atoms with van der Waals surface area (Å²) in [4.78, 5) is 15.8. The second kappa shape index (κ2) is 10.1. The van der Waals surface area contributed by atoms with Gasteiger partial charge < -0.3 is 15.2 Å². The van der Waals surface area contributed by atoms with Gasteiger partial charge in [-0.25, -0.2) is 4.98 Å². The average Bonchev–Trinajstić information content (AvgIpc) is 2.83. The SMILES string of the molecule is Cc1nccn1CCNC(=O)CNc1ccccc1.Cl.Cl. The lowest BCUT2D eigenvalue weighted by Crippen LogP contribution is -2.32. The van der Waals surface area contributed by atoms with Crippen molar-refractivity contribution in [3.8, 4) is 0 Å². The molecule has 2 rings (SSSR count). The molecule has 1 aromatic heterocycles. The van der Waals surface area contributed by atoms with Crippen LogP contribution in [0, 0.1) is 6.92 Å². The van der Waals surface area contributed by atoms with Crippen LogP contribution < -0.4 is 10.6 Å². The van der Waals surface area contributed by atoms with Crippen LogP contribution in [0.3, 0.4) is 0 Å². The number of carbonyl (C=O) groups excluding carboxylic acids is 1. The fraction of sp³-hybridized carbons (Fsp3) is 0.286. The minimum atomic E-state index is -0.0124. The van der Waals surface area contributed by atoms with Gasteiger partial charge in [0.1, 0.15) is 5.82 Å². The molecule has 2 N–H and O–H groups in total. The third-order valence-corrected chi connectivity index (χ3v) is 2.83. The second-order valence-electron chi connectivity index (χ2n) is 4.24. The topological polar surface area (TPSA) is 59.0 Å². The Labute approximate surface area is 137 Å². The first-order valence-corrected chi connectivity index (χ1v) is 6.29. The minimum Gasteiger partial charge on any atom is -0.376 e. The molecule has 0 fully saturated rings. The smallest absolute Gasteiger partial charge is 0.239 e. The molecular weight excluding hydrogens is 311 g/mol. The van der Waals surface area contributed by atoms with Gasteiger partial charge in [0.05, 0.1) is 6.54 Å². The van der Waals surface area contributed by atoms with Crippen molar-refractivity contribution in [2.24, 2.45) is 0 Å². The van der Waals surface area contributed by atoms with Gasteiger partial charge in [0.15, 0.2) is 0 Å². The van der Waals surface area contributed by atoms with E-state index in [0.29, 0.717) is 6.54 Å². The summed E-state index contributed by atoms with van der Waals surface area (Å²) < 4.78 is 2.00. The Balaban J connectivity index is 0.00000200. The molecule has 1 heterocycles. The first-order chi connectivity index (χ1) is 9.25. The molecule has 21 heavy (non-hydrogen) atoms. The van der Waals surface area contributed by atoms with Crippen molar-refractivity contribution in [1.82, 2.24) is 14.9 Å². The molecule has 0 saturated heterocycles. The third-order valence-electron chi connectivity index (χ3n) is 2.83. The highest BCUT2D eigenvalue weighted by atomic mass is 35.5. The van der Waals surface area contributed by atoms with Gasteiger partial charge in [-0.1, -0.05) is 18.2 Å². The molecule has 5 nitrogen and oxygen atoms in total. The maximum atomic E-state index is 11.6. The molecule has 0 aliphatic rings. The lowest BCUT2D eigenvalue weighted by molar-refractivity contribution is -0.119. The Morgan fingerprint density at radius 1 is 1.24 bits per heavy atom. The number of imidazole rings is 1. The van der Waals surface area contributed by atoms with E-state index in [1.807, 2.05) is 48.0 Å². The highest BCUT2D eigenvalue weighted by molar-refractivity contribution is 5.85. The molecule has 0 unspecified atom stereocenters. The maximum absolute atomic E-state index is 11.6. The summed E-state index contributed by atoms with van der Waals surface area (Å²) in [5.74, 6) is 0.943. The van der Waals surface area contributed by atoms with Crippen molar-refractivity contribution in [1.29, 1.82) is 0 Å². The van der Waals surface area contributed by atoms with Crippen LogP contribution in [0.1, 0.15) is 5.82 Å². The highest BCUT2D eigenvalue weighted by Crippen LogP contribution is 2.03. The molecule has 1 aromatic carbocycles. The van der Waals surface area contributed by atoms with Crippen molar-refractivity contribution < 1.29 is 4.79 Å². The number of halogens is 2. The number of amides is 1.